The van der Waals surface area contributed by atoms with Gasteiger partial charge in [0.15, 0.2) is 9.84 Å². The molecule has 0 rings (SSSR count). The van der Waals surface area contributed by atoms with Gasteiger partial charge in [0.05, 0.1) is 19.1 Å². The van der Waals surface area contributed by atoms with Gasteiger partial charge in [-0.05, 0) is 27.7 Å². The number of carbonyl (C=O) groups is 2. The highest BCUT2D eigenvalue weighted by Crippen LogP contribution is 2.08. The molecule has 1 amide bonds. The molecule has 0 unspecified atom stereocenters. The molecule has 0 aromatic rings. The number of nitrogens with one attached hydrogen (secondary N) is 1. The molecule has 1 atom stereocenters. The van der Waals surface area contributed by atoms with E-state index >= 15 is 0 Å². The summed E-state index contributed by atoms with van der Waals surface area (Å²) < 4.78 is 32.1. The minimum Gasteiger partial charge on any atom is -0.466 e. The summed E-state index contributed by atoms with van der Waals surface area (Å²) in [6, 6.07) is -0.825. The van der Waals surface area contributed by atoms with Crippen molar-refractivity contribution < 1.29 is 27.5 Å². The summed E-state index contributed by atoms with van der Waals surface area (Å²) in [5, 5.41) is 3.35. The Kier molecular flexibility index (Phi) is 7.42. The van der Waals surface area contributed by atoms with Gasteiger partial charge in [0.2, 0.25) is 0 Å². The summed E-state index contributed by atoms with van der Waals surface area (Å²) >= 11 is 0. The first-order valence-electron chi connectivity index (χ1n) is 6.46. The first-order valence-corrected chi connectivity index (χ1v) is 8.42. The highest BCUT2D eigenvalue weighted by molar-refractivity contribution is 7.93. The van der Waals surface area contributed by atoms with Gasteiger partial charge in [0.1, 0.15) is 5.60 Å². The van der Waals surface area contributed by atoms with Crippen LogP contribution in [0.2, 0.25) is 0 Å². The first kappa shape index (κ1) is 19.4. The van der Waals surface area contributed by atoms with E-state index in [1.54, 1.807) is 27.7 Å². The van der Waals surface area contributed by atoms with Gasteiger partial charge in [-0.3, -0.25) is 4.79 Å². The fraction of sp³-hybridized carbons (Fsp3) is 0.692. The molecule has 0 fully saturated rings. The van der Waals surface area contributed by atoms with Crippen LogP contribution in [-0.4, -0.2) is 45.0 Å². The van der Waals surface area contributed by atoms with Crippen LogP contribution in [0.4, 0.5) is 4.79 Å². The first-order chi connectivity index (χ1) is 9.43. The number of amides is 1. The number of rotatable bonds is 6. The van der Waals surface area contributed by atoms with Gasteiger partial charge in [-0.15, -0.1) is 0 Å². The summed E-state index contributed by atoms with van der Waals surface area (Å²) in [6.45, 7) is 6.94. The van der Waals surface area contributed by atoms with Gasteiger partial charge in [0.25, 0.3) is 0 Å². The number of carbonyl (C=O) groups excluding carboxylic acids is 2. The number of esters is 1. The van der Waals surface area contributed by atoms with Crippen molar-refractivity contribution >= 4 is 21.9 Å². The van der Waals surface area contributed by atoms with Gasteiger partial charge in [0, 0.05) is 11.7 Å². The molecular formula is C13H23NO6S. The average Bonchev–Trinajstić information content (AvgIpc) is 2.22. The molecule has 0 aliphatic heterocycles. The minimum atomic E-state index is -3.36. The second-order valence-corrected chi connectivity index (χ2v) is 7.35. The number of sulfone groups is 1. The second-order valence-electron chi connectivity index (χ2n) is 5.42. The number of alkyl carbamates (subject to hydrolysis) is 1. The van der Waals surface area contributed by atoms with Crippen molar-refractivity contribution in [2.24, 2.45) is 0 Å². The summed E-state index contributed by atoms with van der Waals surface area (Å²) in [7, 11) is -3.36. The smallest absolute Gasteiger partial charge is 0.408 e. The van der Waals surface area contributed by atoms with Crippen LogP contribution < -0.4 is 5.32 Å². The molecule has 0 aromatic carbocycles. The van der Waals surface area contributed by atoms with Gasteiger partial charge in [-0.2, -0.15) is 0 Å². The molecular weight excluding hydrogens is 298 g/mol. The molecule has 0 spiro atoms. The lowest BCUT2D eigenvalue weighted by molar-refractivity contribution is -0.143. The SMILES string of the molecule is CCOC(=O)C[C@@H](C=CS(C)(=O)=O)NC(=O)OC(C)(C)C. The molecule has 0 bridgehead atoms. The zero-order valence-electron chi connectivity index (χ0n) is 13.0. The van der Waals surface area contributed by atoms with E-state index in [1.165, 1.54) is 6.08 Å². The van der Waals surface area contributed by atoms with Crippen molar-refractivity contribution in [1.82, 2.24) is 5.32 Å². The molecule has 0 saturated heterocycles. The third-order valence-corrected chi connectivity index (χ3v) is 2.60. The summed E-state index contributed by atoms with van der Waals surface area (Å²) in [5.74, 6) is -0.545. The Morgan fingerprint density at radius 2 is 1.86 bits per heavy atom. The molecule has 8 heteroatoms. The lowest BCUT2D eigenvalue weighted by Crippen LogP contribution is -2.39. The van der Waals surface area contributed by atoms with E-state index in [4.69, 9.17) is 9.47 Å². The van der Waals surface area contributed by atoms with Crippen molar-refractivity contribution in [3.63, 3.8) is 0 Å². The topological polar surface area (TPSA) is 98.8 Å². The number of hydrogen-bond acceptors (Lipinski definition) is 6. The normalized spacial score (nSPS) is 13.8. The standard InChI is InChI=1S/C13H23NO6S/c1-6-19-11(15)9-10(7-8-21(5,17)18)14-12(16)20-13(2,3)4/h7-8,10H,6,9H2,1-5H3,(H,14,16)/t10-/m1/s1. The van der Waals surface area contributed by atoms with E-state index in [0.717, 1.165) is 11.7 Å². The maximum Gasteiger partial charge on any atom is 0.408 e. The Balaban J connectivity index is 4.84. The van der Waals surface area contributed by atoms with Crippen LogP contribution in [0.25, 0.3) is 0 Å². The number of ether oxygens (including phenoxy) is 2. The maximum atomic E-state index is 11.7. The Morgan fingerprint density at radius 3 is 2.29 bits per heavy atom. The molecule has 0 saturated carbocycles. The lowest BCUT2D eigenvalue weighted by Gasteiger charge is -2.22. The predicted octanol–water partition coefficient (Wildman–Crippen LogP) is 1.39. The minimum absolute atomic E-state index is 0.181. The Bertz CT molecular complexity index is 489. The largest absolute Gasteiger partial charge is 0.466 e. The average molecular weight is 321 g/mol. The Morgan fingerprint density at radius 1 is 1.29 bits per heavy atom. The molecule has 122 valence electrons. The van der Waals surface area contributed by atoms with Crippen molar-refractivity contribution in [2.75, 3.05) is 12.9 Å². The molecule has 0 heterocycles. The van der Waals surface area contributed by atoms with Gasteiger partial charge >= 0.3 is 12.1 Å². The van der Waals surface area contributed by atoms with E-state index in [0.29, 0.717) is 0 Å². The van der Waals surface area contributed by atoms with Crippen LogP contribution >= 0.6 is 0 Å². The van der Waals surface area contributed by atoms with Crippen molar-refractivity contribution in [1.29, 1.82) is 0 Å². The van der Waals surface area contributed by atoms with E-state index in [2.05, 4.69) is 5.32 Å². The van der Waals surface area contributed by atoms with Gasteiger partial charge in [-0.25, -0.2) is 13.2 Å². The highest BCUT2D eigenvalue weighted by Gasteiger charge is 2.20. The van der Waals surface area contributed by atoms with Crippen LogP contribution in [0.15, 0.2) is 11.5 Å². The van der Waals surface area contributed by atoms with E-state index in [-0.39, 0.29) is 13.0 Å². The quantitative estimate of drug-likeness (QED) is 0.742. The van der Waals surface area contributed by atoms with Crippen LogP contribution in [-0.2, 0) is 24.1 Å². The van der Waals surface area contributed by atoms with E-state index in [9.17, 15) is 18.0 Å². The molecule has 0 aliphatic carbocycles. The van der Waals surface area contributed by atoms with Crippen molar-refractivity contribution in [3.05, 3.63) is 11.5 Å². The summed E-state index contributed by atoms with van der Waals surface area (Å²) in [6.07, 6.45) is 1.31. The van der Waals surface area contributed by atoms with Crippen LogP contribution in [0.3, 0.4) is 0 Å². The highest BCUT2D eigenvalue weighted by atomic mass is 32.2. The van der Waals surface area contributed by atoms with Crippen LogP contribution in [0, 0.1) is 0 Å². The second kappa shape index (κ2) is 8.02. The van der Waals surface area contributed by atoms with Gasteiger partial charge < -0.3 is 14.8 Å². The van der Waals surface area contributed by atoms with E-state index in [1.807, 2.05) is 0 Å². The molecule has 7 nitrogen and oxygen atoms in total. The third kappa shape index (κ3) is 11.9. The van der Waals surface area contributed by atoms with Crippen LogP contribution in [0.1, 0.15) is 34.1 Å². The molecule has 0 radical (unpaired) electrons. The summed E-state index contributed by atoms with van der Waals surface area (Å²) in [5.41, 5.74) is -0.695. The predicted molar refractivity (Wildman–Crippen MR) is 78.4 cm³/mol. The molecule has 0 aliphatic rings. The Hall–Kier alpha value is -1.57. The van der Waals surface area contributed by atoms with Gasteiger partial charge in [-0.1, -0.05) is 6.08 Å². The summed E-state index contributed by atoms with van der Waals surface area (Å²) in [4.78, 5) is 23.1. The maximum absolute atomic E-state index is 11.7. The van der Waals surface area contributed by atoms with Crippen molar-refractivity contribution in [3.8, 4) is 0 Å². The third-order valence-electron chi connectivity index (χ3n) is 1.95. The van der Waals surface area contributed by atoms with Crippen molar-refractivity contribution in [2.45, 2.75) is 45.8 Å². The monoisotopic (exact) mass is 321 g/mol. The fourth-order valence-corrected chi connectivity index (χ4v) is 1.74. The number of hydrogen-bond donors (Lipinski definition) is 1. The molecule has 0 aromatic heterocycles. The Labute approximate surface area is 125 Å². The zero-order chi connectivity index (χ0) is 16.7. The lowest BCUT2D eigenvalue weighted by atomic mass is 10.2. The fourth-order valence-electron chi connectivity index (χ4n) is 1.26. The van der Waals surface area contributed by atoms with E-state index < -0.39 is 33.5 Å². The molecule has 1 N–H and O–H groups in total. The van der Waals surface area contributed by atoms with Crippen LogP contribution in [0.5, 0.6) is 0 Å². The zero-order valence-corrected chi connectivity index (χ0v) is 13.8. The molecule has 21 heavy (non-hydrogen) atoms.